The highest BCUT2D eigenvalue weighted by molar-refractivity contribution is 5.83. The van der Waals surface area contributed by atoms with Gasteiger partial charge in [0, 0.05) is 13.5 Å². The molecule has 16 heavy (non-hydrogen) atoms. The van der Waals surface area contributed by atoms with Crippen LogP contribution in [0.25, 0.3) is 0 Å². The highest BCUT2D eigenvalue weighted by Gasteiger charge is 2.46. The van der Waals surface area contributed by atoms with E-state index < -0.39 is 12.6 Å². The maximum Gasteiger partial charge on any atom is 0.307 e. The van der Waals surface area contributed by atoms with Crippen molar-refractivity contribution in [1.29, 1.82) is 0 Å². The molecule has 90 valence electrons. The van der Waals surface area contributed by atoms with Crippen LogP contribution in [0.1, 0.15) is 19.8 Å². The number of nitrogens with one attached hydrogen (secondary N) is 2. The first kappa shape index (κ1) is 11.3. The second-order valence-corrected chi connectivity index (χ2v) is 4.10. The summed E-state index contributed by atoms with van der Waals surface area (Å²) in [4.78, 5) is 23.2. The highest BCUT2D eigenvalue weighted by atomic mass is 16.6. The van der Waals surface area contributed by atoms with Crippen molar-refractivity contribution in [3.63, 3.8) is 0 Å². The molecule has 0 aromatic heterocycles. The van der Waals surface area contributed by atoms with Crippen LogP contribution in [0, 0.1) is 11.8 Å². The summed E-state index contributed by atoms with van der Waals surface area (Å²) in [6.07, 6.45) is -0.0602. The van der Waals surface area contributed by atoms with Crippen molar-refractivity contribution in [3.8, 4) is 0 Å². The molecule has 0 bridgehead atoms. The van der Waals surface area contributed by atoms with E-state index in [0.717, 1.165) is 6.42 Å². The first-order valence-electron chi connectivity index (χ1n) is 5.44. The Labute approximate surface area is 93.7 Å². The summed E-state index contributed by atoms with van der Waals surface area (Å²) < 4.78 is 10.1. The molecule has 6 nitrogen and oxygen atoms in total. The quantitative estimate of drug-likeness (QED) is 0.626. The molecule has 1 amide bonds. The summed E-state index contributed by atoms with van der Waals surface area (Å²) in [7, 11) is 1.47. The molecule has 0 aromatic carbocycles. The van der Waals surface area contributed by atoms with E-state index in [1.54, 1.807) is 0 Å². The molecule has 4 unspecified atom stereocenters. The molecule has 0 radical (unpaired) electrons. The van der Waals surface area contributed by atoms with Crippen LogP contribution in [0.5, 0.6) is 0 Å². The van der Waals surface area contributed by atoms with Gasteiger partial charge in [0.15, 0.2) is 12.6 Å². The molecule has 2 aliphatic rings. The molecule has 0 spiro atoms. The Morgan fingerprint density at radius 1 is 1.50 bits per heavy atom. The molecular weight excluding hydrogens is 212 g/mol. The minimum Gasteiger partial charge on any atom is -0.446 e. The SMILES string of the molecule is CCC1CC(=O)OC2NC(OC)NC(=O)C12. The lowest BCUT2D eigenvalue weighted by atomic mass is 9.82. The number of esters is 1. The number of amides is 1. The van der Waals surface area contributed by atoms with Crippen molar-refractivity contribution in [1.82, 2.24) is 10.6 Å². The zero-order valence-electron chi connectivity index (χ0n) is 9.36. The number of rotatable bonds is 2. The van der Waals surface area contributed by atoms with Crippen molar-refractivity contribution < 1.29 is 19.1 Å². The summed E-state index contributed by atoms with van der Waals surface area (Å²) in [5, 5.41) is 5.61. The fourth-order valence-corrected chi connectivity index (χ4v) is 2.28. The summed E-state index contributed by atoms with van der Waals surface area (Å²) in [6, 6.07) is 0. The summed E-state index contributed by atoms with van der Waals surface area (Å²) in [6.45, 7) is 1.97. The first-order chi connectivity index (χ1) is 7.65. The number of ether oxygens (including phenoxy) is 2. The van der Waals surface area contributed by atoms with Gasteiger partial charge in [-0.15, -0.1) is 0 Å². The third kappa shape index (κ3) is 1.90. The largest absolute Gasteiger partial charge is 0.446 e. The van der Waals surface area contributed by atoms with Crippen molar-refractivity contribution >= 4 is 11.9 Å². The lowest BCUT2D eigenvalue weighted by molar-refractivity contribution is -0.182. The van der Waals surface area contributed by atoms with Gasteiger partial charge in [0.1, 0.15) is 0 Å². The number of hydrogen-bond acceptors (Lipinski definition) is 5. The van der Waals surface area contributed by atoms with E-state index in [2.05, 4.69) is 10.6 Å². The Morgan fingerprint density at radius 3 is 2.88 bits per heavy atom. The van der Waals surface area contributed by atoms with E-state index in [0.29, 0.717) is 6.42 Å². The zero-order valence-corrected chi connectivity index (χ0v) is 9.36. The molecule has 2 rings (SSSR count). The molecule has 6 heteroatoms. The lowest BCUT2D eigenvalue weighted by Gasteiger charge is -2.42. The number of carbonyl (C=O) groups excluding carboxylic acids is 2. The summed E-state index contributed by atoms with van der Waals surface area (Å²) >= 11 is 0. The number of hydrogen-bond donors (Lipinski definition) is 2. The van der Waals surface area contributed by atoms with Gasteiger partial charge in [-0.3, -0.25) is 9.59 Å². The third-order valence-electron chi connectivity index (χ3n) is 3.17. The fraction of sp³-hybridized carbons (Fsp3) is 0.800. The van der Waals surface area contributed by atoms with Gasteiger partial charge in [0.25, 0.3) is 0 Å². The monoisotopic (exact) mass is 228 g/mol. The molecule has 0 saturated carbocycles. The Bertz CT molecular complexity index is 307. The zero-order chi connectivity index (χ0) is 11.7. The van der Waals surface area contributed by atoms with E-state index >= 15 is 0 Å². The summed E-state index contributed by atoms with van der Waals surface area (Å²) in [5.41, 5.74) is 0. The number of methoxy groups -OCH3 is 1. The molecule has 2 aliphatic heterocycles. The van der Waals surface area contributed by atoms with E-state index in [-0.39, 0.29) is 23.7 Å². The smallest absolute Gasteiger partial charge is 0.307 e. The van der Waals surface area contributed by atoms with Crippen LogP contribution in [0.2, 0.25) is 0 Å². The third-order valence-corrected chi connectivity index (χ3v) is 3.17. The van der Waals surface area contributed by atoms with Crippen LogP contribution in [0.4, 0.5) is 0 Å². The Balaban J connectivity index is 2.16. The van der Waals surface area contributed by atoms with E-state index in [1.165, 1.54) is 7.11 Å². The van der Waals surface area contributed by atoms with Gasteiger partial charge in [-0.25, -0.2) is 5.32 Å². The van der Waals surface area contributed by atoms with Crippen molar-refractivity contribution in [2.45, 2.75) is 32.3 Å². The second-order valence-electron chi connectivity index (χ2n) is 4.10. The van der Waals surface area contributed by atoms with Gasteiger partial charge < -0.3 is 14.8 Å². The van der Waals surface area contributed by atoms with Gasteiger partial charge in [0.2, 0.25) is 5.91 Å². The summed E-state index contributed by atoms with van der Waals surface area (Å²) in [5.74, 6) is -0.647. The van der Waals surface area contributed by atoms with Gasteiger partial charge in [-0.2, -0.15) is 0 Å². The maximum atomic E-state index is 11.9. The van der Waals surface area contributed by atoms with Crippen molar-refractivity contribution in [2.75, 3.05) is 7.11 Å². The van der Waals surface area contributed by atoms with Crippen LogP contribution in [0.3, 0.4) is 0 Å². The van der Waals surface area contributed by atoms with Crippen molar-refractivity contribution in [3.05, 3.63) is 0 Å². The molecule has 2 heterocycles. The molecule has 4 atom stereocenters. The lowest BCUT2D eigenvalue weighted by Crippen LogP contribution is -2.66. The van der Waals surface area contributed by atoms with Crippen LogP contribution < -0.4 is 10.6 Å². The Kier molecular flexibility index (Phi) is 3.11. The average molecular weight is 228 g/mol. The highest BCUT2D eigenvalue weighted by Crippen LogP contribution is 2.31. The first-order valence-corrected chi connectivity index (χ1v) is 5.44. The van der Waals surface area contributed by atoms with Gasteiger partial charge in [-0.05, 0) is 5.92 Å². The topological polar surface area (TPSA) is 76.7 Å². The van der Waals surface area contributed by atoms with E-state index in [9.17, 15) is 9.59 Å². The van der Waals surface area contributed by atoms with Crippen LogP contribution in [0.15, 0.2) is 0 Å². The molecule has 2 N–H and O–H groups in total. The average Bonchev–Trinajstić information content (AvgIpc) is 2.26. The van der Waals surface area contributed by atoms with Crippen LogP contribution in [-0.4, -0.2) is 31.6 Å². The van der Waals surface area contributed by atoms with Gasteiger partial charge >= 0.3 is 5.97 Å². The second kappa shape index (κ2) is 4.39. The van der Waals surface area contributed by atoms with E-state index in [4.69, 9.17) is 9.47 Å². The fourth-order valence-electron chi connectivity index (χ4n) is 2.28. The number of fused-ring (bicyclic) bond motifs is 1. The minimum atomic E-state index is -0.586. The molecular formula is C10H16N2O4. The Morgan fingerprint density at radius 2 is 2.25 bits per heavy atom. The van der Waals surface area contributed by atoms with E-state index in [1.807, 2.05) is 6.92 Å². The van der Waals surface area contributed by atoms with Crippen LogP contribution >= 0.6 is 0 Å². The standard InChI is InChI=1S/C10H16N2O4/c1-3-5-4-6(13)16-9-7(5)8(14)11-10(12-9)15-2/h5,7,9-10,12H,3-4H2,1-2H3,(H,11,14). The van der Waals surface area contributed by atoms with Gasteiger partial charge in [0.05, 0.1) is 5.92 Å². The normalized spacial score (nSPS) is 38.6. The molecule has 0 aromatic rings. The molecule has 2 saturated heterocycles. The predicted molar refractivity (Wildman–Crippen MR) is 53.8 cm³/mol. The predicted octanol–water partition coefficient (Wildman–Crippen LogP) is -0.449. The molecule has 0 aliphatic carbocycles. The number of carbonyl (C=O) groups is 2. The molecule has 2 fully saturated rings. The minimum absolute atomic E-state index is 0.0385. The Hall–Kier alpha value is -1.14. The van der Waals surface area contributed by atoms with Crippen LogP contribution in [-0.2, 0) is 19.1 Å². The maximum absolute atomic E-state index is 11.9. The van der Waals surface area contributed by atoms with Crippen molar-refractivity contribution in [2.24, 2.45) is 11.8 Å². The van der Waals surface area contributed by atoms with Gasteiger partial charge in [-0.1, -0.05) is 13.3 Å².